The van der Waals surface area contributed by atoms with Crippen LogP contribution in [0.2, 0.25) is 0 Å². The number of carbonyl (C=O) groups excluding carboxylic acids is 3. The molecule has 3 N–H and O–H groups in total. The number of nitrogens with one attached hydrogen (secondary N) is 1. The van der Waals surface area contributed by atoms with Crippen LogP contribution in [0, 0.1) is 17.2 Å². The Kier molecular flexibility index (Phi) is 4.62. The van der Waals surface area contributed by atoms with Crippen LogP contribution >= 0.6 is 0 Å². The molecule has 2 aromatic carbocycles. The molecule has 3 saturated heterocycles. The van der Waals surface area contributed by atoms with E-state index in [0.717, 1.165) is 0 Å². The fourth-order valence-electron chi connectivity index (χ4n) is 6.18. The first-order valence-corrected chi connectivity index (χ1v) is 10.9. The molecule has 9 heteroatoms. The van der Waals surface area contributed by atoms with E-state index in [-0.39, 0.29) is 13.0 Å². The fraction of sp³-hybridized carbons (Fsp3) is 0.417. The summed E-state index contributed by atoms with van der Waals surface area (Å²) in [4.78, 5) is 40.5. The van der Waals surface area contributed by atoms with Crippen LogP contribution < -0.4 is 16.2 Å². The van der Waals surface area contributed by atoms with Crippen molar-refractivity contribution in [3.8, 4) is 6.07 Å². The fourth-order valence-corrected chi connectivity index (χ4v) is 6.18. The first-order chi connectivity index (χ1) is 15.7. The summed E-state index contributed by atoms with van der Waals surface area (Å²) in [6.45, 7) is 3.19. The van der Waals surface area contributed by atoms with E-state index in [1.54, 1.807) is 36.4 Å². The minimum Gasteiger partial charge on any atom is -0.466 e. The monoisotopic (exact) mass is 448 g/mol. The summed E-state index contributed by atoms with van der Waals surface area (Å²) in [5.41, 5.74) is 0.0655. The van der Waals surface area contributed by atoms with Crippen LogP contribution in [0.4, 0.5) is 5.69 Å². The standard InChI is InChI=1S/C24H24N4O5/c1-14(29)32-12-11-23-10-9-22(2,33-23)19-20(30)28(21(31)24(19,23)27-26)18-8-7-15(13-25)16-5-3-4-6-17(16)18/h3-8,19,27H,9-12,26H2,1-2H3/t19?,22?,23?,24-/m1/s1. The van der Waals surface area contributed by atoms with Gasteiger partial charge in [-0.2, -0.15) is 5.26 Å². The van der Waals surface area contributed by atoms with Crippen LogP contribution in [0.25, 0.3) is 10.8 Å². The molecule has 2 aromatic rings. The normalized spacial score (nSPS) is 32.3. The lowest BCUT2D eigenvalue weighted by Gasteiger charge is -2.42. The van der Waals surface area contributed by atoms with Gasteiger partial charge in [-0.3, -0.25) is 20.2 Å². The molecule has 3 aliphatic heterocycles. The SMILES string of the molecule is CC(=O)OCCC12CCC(C)(O1)C1C(=O)N(c3ccc(C#N)c4ccccc34)C(=O)[C@]12NN. The van der Waals surface area contributed by atoms with Gasteiger partial charge >= 0.3 is 5.97 Å². The molecule has 9 nitrogen and oxygen atoms in total. The first-order valence-electron chi connectivity index (χ1n) is 10.9. The number of benzene rings is 2. The summed E-state index contributed by atoms with van der Waals surface area (Å²) in [5.74, 6) is 3.87. The van der Waals surface area contributed by atoms with Gasteiger partial charge in [0.1, 0.15) is 5.60 Å². The summed E-state index contributed by atoms with van der Waals surface area (Å²) in [6, 6.07) is 12.6. The van der Waals surface area contributed by atoms with Crippen LogP contribution in [0.5, 0.6) is 0 Å². The number of hydrazine groups is 1. The third-order valence-corrected chi connectivity index (χ3v) is 7.53. The molecule has 5 rings (SSSR count). The van der Waals surface area contributed by atoms with Crippen LogP contribution in [-0.4, -0.2) is 41.1 Å². The second kappa shape index (κ2) is 7.09. The van der Waals surface area contributed by atoms with E-state index in [0.29, 0.717) is 34.9 Å². The molecule has 33 heavy (non-hydrogen) atoms. The van der Waals surface area contributed by atoms with Crippen molar-refractivity contribution in [2.45, 2.75) is 49.9 Å². The number of amides is 2. The van der Waals surface area contributed by atoms with E-state index >= 15 is 0 Å². The molecule has 0 spiro atoms. The predicted octanol–water partition coefficient (Wildman–Crippen LogP) is 1.68. The molecule has 3 heterocycles. The van der Waals surface area contributed by atoms with Gasteiger partial charge in [-0.15, -0.1) is 0 Å². The number of ether oxygens (including phenoxy) is 2. The zero-order valence-electron chi connectivity index (χ0n) is 18.4. The zero-order valence-corrected chi connectivity index (χ0v) is 18.4. The van der Waals surface area contributed by atoms with Gasteiger partial charge in [-0.1, -0.05) is 24.3 Å². The van der Waals surface area contributed by atoms with Crippen LogP contribution in [0.1, 0.15) is 38.7 Å². The molecular weight excluding hydrogens is 424 g/mol. The Balaban J connectivity index is 1.65. The Morgan fingerprint density at radius 1 is 1.27 bits per heavy atom. The van der Waals surface area contributed by atoms with Crippen molar-refractivity contribution in [3.05, 3.63) is 42.0 Å². The molecule has 0 aliphatic carbocycles. The van der Waals surface area contributed by atoms with Crippen LogP contribution in [-0.2, 0) is 23.9 Å². The minimum atomic E-state index is -1.49. The highest BCUT2D eigenvalue weighted by Gasteiger charge is 2.82. The third kappa shape index (κ3) is 2.60. The average Bonchev–Trinajstić information content (AvgIpc) is 3.34. The molecule has 0 radical (unpaired) electrons. The third-order valence-electron chi connectivity index (χ3n) is 7.53. The highest BCUT2D eigenvalue weighted by atomic mass is 16.6. The summed E-state index contributed by atoms with van der Waals surface area (Å²) in [7, 11) is 0. The lowest BCUT2D eigenvalue weighted by atomic mass is 9.62. The molecule has 0 aromatic heterocycles. The maximum absolute atomic E-state index is 14.1. The summed E-state index contributed by atoms with van der Waals surface area (Å²) in [5, 5.41) is 10.8. The first kappa shape index (κ1) is 21.5. The van der Waals surface area contributed by atoms with Crippen molar-refractivity contribution < 1.29 is 23.9 Å². The van der Waals surface area contributed by atoms with E-state index < -0.39 is 40.4 Å². The number of fused-ring (bicyclic) bond motifs is 6. The number of imide groups is 1. The maximum Gasteiger partial charge on any atom is 0.302 e. The van der Waals surface area contributed by atoms with Crippen molar-refractivity contribution in [3.63, 3.8) is 0 Å². The van der Waals surface area contributed by atoms with Gasteiger partial charge in [-0.25, -0.2) is 10.3 Å². The van der Waals surface area contributed by atoms with E-state index in [9.17, 15) is 19.6 Å². The zero-order chi connectivity index (χ0) is 23.6. The number of nitrogens with zero attached hydrogens (tertiary/aromatic N) is 2. The van der Waals surface area contributed by atoms with Gasteiger partial charge in [0.25, 0.3) is 5.91 Å². The number of nitriles is 1. The minimum absolute atomic E-state index is 0.0445. The van der Waals surface area contributed by atoms with Crippen molar-refractivity contribution in [2.75, 3.05) is 11.5 Å². The number of carbonyl (C=O) groups is 3. The van der Waals surface area contributed by atoms with Crippen molar-refractivity contribution in [1.82, 2.24) is 5.43 Å². The van der Waals surface area contributed by atoms with E-state index in [1.165, 1.54) is 11.8 Å². The molecule has 2 amide bonds. The van der Waals surface area contributed by atoms with Crippen molar-refractivity contribution in [2.24, 2.45) is 11.8 Å². The highest BCUT2D eigenvalue weighted by Crippen LogP contribution is 2.64. The predicted molar refractivity (Wildman–Crippen MR) is 117 cm³/mol. The Bertz CT molecular complexity index is 1260. The Hall–Kier alpha value is -3.32. The topological polar surface area (TPSA) is 135 Å². The molecule has 3 fully saturated rings. The Morgan fingerprint density at radius 2 is 2.00 bits per heavy atom. The van der Waals surface area contributed by atoms with E-state index in [4.69, 9.17) is 15.3 Å². The second-order valence-corrected chi connectivity index (χ2v) is 9.15. The number of hydrogen-bond acceptors (Lipinski definition) is 8. The summed E-state index contributed by atoms with van der Waals surface area (Å²) in [6.07, 6.45) is 1.29. The molecule has 170 valence electrons. The number of esters is 1. The number of rotatable bonds is 5. The van der Waals surface area contributed by atoms with Gasteiger partial charge in [0.2, 0.25) is 5.91 Å². The van der Waals surface area contributed by atoms with Crippen molar-refractivity contribution in [1.29, 1.82) is 5.26 Å². The van der Waals surface area contributed by atoms with Crippen molar-refractivity contribution >= 4 is 34.2 Å². The van der Waals surface area contributed by atoms with Gasteiger partial charge in [0.05, 0.1) is 35.4 Å². The molecule has 2 bridgehead atoms. The van der Waals surface area contributed by atoms with Crippen LogP contribution in [0.15, 0.2) is 36.4 Å². The Labute approximate surface area is 190 Å². The average molecular weight is 448 g/mol. The molecule has 0 saturated carbocycles. The molecular formula is C24H24N4O5. The molecule has 4 atom stereocenters. The van der Waals surface area contributed by atoms with E-state index in [2.05, 4.69) is 11.5 Å². The maximum atomic E-state index is 14.1. The number of hydrogen-bond donors (Lipinski definition) is 2. The largest absolute Gasteiger partial charge is 0.466 e. The highest BCUT2D eigenvalue weighted by molar-refractivity contribution is 6.29. The van der Waals surface area contributed by atoms with Gasteiger partial charge < -0.3 is 9.47 Å². The quantitative estimate of drug-likeness (QED) is 0.305. The lowest BCUT2D eigenvalue weighted by molar-refractivity contribution is -0.145. The second-order valence-electron chi connectivity index (χ2n) is 9.15. The Morgan fingerprint density at radius 3 is 2.67 bits per heavy atom. The van der Waals surface area contributed by atoms with E-state index in [1.807, 2.05) is 6.92 Å². The number of nitrogens with two attached hydrogens (primary N) is 1. The van der Waals surface area contributed by atoms with Crippen LogP contribution in [0.3, 0.4) is 0 Å². The lowest BCUT2D eigenvalue weighted by Crippen LogP contribution is -2.70. The smallest absolute Gasteiger partial charge is 0.302 e. The van der Waals surface area contributed by atoms with Gasteiger partial charge in [0, 0.05) is 24.1 Å². The van der Waals surface area contributed by atoms with Gasteiger partial charge in [-0.05, 0) is 31.9 Å². The summed E-state index contributed by atoms with van der Waals surface area (Å²) < 4.78 is 11.5. The number of anilines is 1. The summed E-state index contributed by atoms with van der Waals surface area (Å²) >= 11 is 0. The molecule has 3 unspecified atom stereocenters. The van der Waals surface area contributed by atoms with Gasteiger partial charge in [0.15, 0.2) is 5.54 Å². The molecule has 3 aliphatic rings.